The van der Waals surface area contributed by atoms with Gasteiger partial charge in [-0.2, -0.15) is 5.21 Å². The van der Waals surface area contributed by atoms with Crippen LogP contribution in [0.2, 0.25) is 0 Å². The van der Waals surface area contributed by atoms with Crippen LogP contribution >= 0.6 is 0 Å². The van der Waals surface area contributed by atoms with E-state index in [1.165, 1.54) is 0 Å². The number of aromatic nitrogens is 8. The molecule has 0 aliphatic heterocycles. The van der Waals surface area contributed by atoms with Crippen LogP contribution in [0, 0.1) is 6.92 Å². The molecular formula is C9H18N8. The van der Waals surface area contributed by atoms with E-state index >= 15 is 0 Å². The lowest BCUT2D eigenvalue weighted by Gasteiger charge is -2.02. The maximum absolute atomic E-state index is 3.77. The Kier molecular flexibility index (Phi) is 4.68. The summed E-state index contributed by atoms with van der Waals surface area (Å²) in [6.45, 7) is 10.0. The molecule has 0 unspecified atom stereocenters. The number of nitrogens with one attached hydrogen (secondary N) is 1. The highest BCUT2D eigenvalue weighted by Gasteiger charge is 2.02. The fraction of sp³-hybridized carbons (Fsp3) is 0.778. The molecule has 17 heavy (non-hydrogen) atoms. The van der Waals surface area contributed by atoms with E-state index in [0.717, 1.165) is 11.6 Å². The van der Waals surface area contributed by atoms with Crippen LogP contribution in [0.15, 0.2) is 0 Å². The lowest BCUT2D eigenvalue weighted by Crippen LogP contribution is -2.04. The van der Waals surface area contributed by atoms with Gasteiger partial charge in [0, 0.05) is 5.92 Å². The smallest absolute Gasteiger partial charge is 0.177 e. The number of nitrogens with zero attached hydrogens (tertiary/aromatic N) is 7. The minimum absolute atomic E-state index is 0.361. The van der Waals surface area contributed by atoms with Crippen molar-refractivity contribution in [1.29, 1.82) is 0 Å². The van der Waals surface area contributed by atoms with Crippen molar-refractivity contribution in [3.05, 3.63) is 11.6 Å². The first-order valence-corrected chi connectivity index (χ1v) is 5.50. The Labute approximate surface area is 99.8 Å². The molecule has 8 nitrogen and oxygen atoms in total. The first-order chi connectivity index (χ1) is 8.02. The van der Waals surface area contributed by atoms with E-state index in [4.69, 9.17) is 0 Å². The Bertz CT molecular complexity index is 416. The summed E-state index contributed by atoms with van der Waals surface area (Å²) in [5, 5.41) is 24.3. The minimum atomic E-state index is 0.361. The Morgan fingerprint density at radius 3 is 2.06 bits per heavy atom. The zero-order valence-electron chi connectivity index (χ0n) is 10.8. The summed E-state index contributed by atoms with van der Waals surface area (Å²) in [5.41, 5.74) is 0. The minimum Gasteiger partial charge on any atom is -0.227 e. The second-order valence-corrected chi connectivity index (χ2v) is 4.19. The number of aryl methyl sites for hydroxylation is 1. The maximum Gasteiger partial charge on any atom is 0.177 e. The van der Waals surface area contributed by atoms with Crippen LogP contribution in [0.25, 0.3) is 0 Å². The highest BCUT2D eigenvalue weighted by molar-refractivity contribution is 4.83. The molecule has 2 aromatic heterocycles. The molecule has 2 heterocycles. The van der Waals surface area contributed by atoms with Gasteiger partial charge < -0.3 is 0 Å². The molecule has 0 atom stereocenters. The molecule has 0 saturated heterocycles. The molecule has 0 radical (unpaired) electrons. The summed E-state index contributed by atoms with van der Waals surface area (Å²) in [5.74, 6) is 2.00. The van der Waals surface area contributed by atoms with Gasteiger partial charge in [-0.25, -0.2) is 4.68 Å². The summed E-state index contributed by atoms with van der Waals surface area (Å²) in [6, 6.07) is 0.361. The summed E-state index contributed by atoms with van der Waals surface area (Å²) in [7, 11) is 0. The van der Waals surface area contributed by atoms with Gasteiger partial charge in [0.25, 0.3) is 0 Å². The Morgan fingerprint density at radius 2 is 1.82 bits per heavy atom. The third kappa shape index (κ3) is 3.89. The van der Waals surface area contributed by atoms with Gasteiger partial charge in [0.2, 0.25) is 0 Å². The molecule has 0 amide bonds. The van der Waals surface area contributed by atoms with Gasteiger partial charge in [0.05, 0.1) is 6.04 Å². The molecule has 0 spiro atoms. The van der Waals surface area contributed by atoms with Crippen molar-refractivity contribution in [2.45, 2.75) is 46.6 Å². The Balaban J connectivity index is 0.000000171. The molecule has 0 bridgehead atoms. The standard InChI is InChI=1S/C5H10N4.C4H8N4/c1-4(2)9-5(3)6-7-8-9;1-3(2)4-5-7-8-6-4/h4H,1-3H3;3H,1-2H3,(H,5,6,7,8). The molecule has 0 aliphatic carbocycles. The summed E-state index contributed by atoms with van der Waals surface area (Å²) in [6.07, 6.45) is 0. The van der Waals surface area contributed by atoms with E-state index in [1.54, 1.807) is 4.68 Å². The molecular weight excluding hydrogens is 220 g/mol. The molecule has 8 heteroatoms. The van der Waals surface area contributed by atoms with E-state index in [-0.39, 0.29) is 0 Å². The van der Waals surface area contributed by atoms with E-state index in [1.807, 2.05) is 34.6 Å². The van der Waals surface area contributed by atoms with Crippen LogP contribution in [-0.4, -0.2) is 40.8 Å². The SMILES string of the molecule is CC(C)c1nn[nH]n1.Cc1nnnn1C(C)C. The van der Waals surface area contributed by atoms with E-state index in [2.05, 4.69) is 36.1 Å². The van der Waals surface area contributed by atoms with Crippen molar-refractivity contribution in [3.63, 3.8) is 0 Å². The van der Waals surface area contributed by atoms with Crippen LogP contribution in [0.3, 0.4) is 0 Å². The molecule has 0 aromatic carbocycles. The average Bonchev–Trinajstić information content (AvgIpc) is 2.87. The zero-order valence-corrected chi connectivity index (χ0v) is 10.8. The molecule has 0 fully saturated rings. The van der Waals surface area contributed by atoms with Gasteiger partial charge in [-0.3, -0.25) is 0 Å². The van der Waals surface area contributed by atoms with Gasteiger partial charge in [0.1, 0.15) is 5.82 Å². The van der Waals surface area contributed by atoms with Gasteiger partial charge in [0.15, 0.2) is 5.82 Å². The number of tetrazole rings is 2. The molecule has 2 aromatic rings. The van der Waals surface area contributed by atoms with Crippen molar-refractivity contribution in [1.82, 2.24) is 40.8 Å². The average molecular weight is 238 g/mol. The largest absolute Gasteiger partial charge is 0.227 e. The highest BCUT2D eigenvalue weighted by atomic mass is 15.5. The topological polar surface area (TPSA) is 98.1 Å². The van der Waals surface area contributed by atoms with Gasteiger partial charge >= 0.3 is 0 Å². The fourth-order valence-electron chi connectivity index (χ4n) is 1.13. The van der Waals surface area contributed by atoms with Gasteiger partial charge in [-0.05, 0) is 31.2 Å². The normalized spacial score (nSPS) is 10.5. The molecule has 2 rings (SSSR count). The summed E-state index contributed by atoms with van der Waals surface area (Å²) < 4.78 is 1.78. The quantitative estimate of drug-likeness (QED) is 0.834. The van der Waals surface area contributed by atoms with E-state index in [9.17, 15) is 0 Å². The number of rotatable bonds is 2. The van der Waals surface area contributed by atoms with E-state index < -0.39 is 0 Å². The number of hydrogen-bond donors (Lipinski definition) is 1. The van der Waals surface area contributed by atoms with E-state index in [0.29, 0.717) is 12.0 Å². The van der Waals surface area contributed by atoms with Crippen molar-refractivity contribution in [2.24, 2.45) is 0 Å². The number of hydrogen-bond acceptors (Lipinski definition) is 6. The third-order valence-corrected chi connectivity index (χ3v) is 2.02. The second-order valence-electron chi connectivity index (χ2n) is 4.19. The monoisotopic (exact) mass is 238 g/mol. The Hall–Kier alpha value is -1.86. The third-order valence-electron chi connectivity index (χ3n) is 2.02. The van der Waals surface area contributed by atoms with Crippen LogP contribution in [0.5, 0.6) is 0 Å². The van der Waals surface area contributed by atoms with Gasteiger partial charge in [-0.15, -0.1) is 15.3 Å². The molecule has 1 N–H and O–H groups in total. The van der Waals surface area contributed by atoms with Crippen molar-refractivity contribution >= 4 is 0 Å². The zero-order chi connectivity index (χ0) is 12.8. The summed E-state index contributed by atoms with van der Waals surface area (Å²) >= 11 is 0. The van der Waals surface area contributed by atoms with Gasteiger partial charge in [-0.1, -0.05) is 19.1 Å². The maximum atomic E-state index is 3.77. The fourth-order valence-corrected chi connectivity index (χ4v) is 1.13. The Morgan fingerprint density at radius 1 is 1.12 bits per heavy atom. The lowest BCUT2D eigenvalue weighted by atomic mass is 10.2. The van der Waals surface area contributed by atoms with Crippen LogP contribution in [0.1, 0.15) is 51.3 Å². The first kappa shape index (κ1) is 13.2. The van der Waals surface area contributed by atoms with Crippen molar-refractivity contribution in [2.75, 3.05) is 0 Å². The highest BCUT2D eigenvalue weighted by Crippen LogP contribution is 2.03. The summed E-state index contributed by atoms with van der Waals surface area (Å²) in [4.78, 5) is 0. The predicted octanol–water partition coefficient (Wildman–Crippen LogP) is 0.886. The van der Waals surface area contributed by atoms with Crippen LogP contribution in [0.4, 0.5) is 0 Å². The molecule has 0 aliphatic rings. The molecule has 94 valence electrons. The second kappa shape index (κ2) is 6.02. The van der Waals surface area contributed by atoms with Crippen LogP contribution in [-0.2, 0) is 0 Å². The van der Waals surface area contributed by atoms with Crippen molar-refractivity contribution < 1.29 is 0 Å². The molecule has 0 saturated carbocycles. The van der Waals surface area contributed by atoms with Crippen molar-refractivity contribution in [3.8, 4) is 0 Å². The van der Waals surface area contributed by atoms with Crippen LogP contribution < -0.4 is 0 Å². The number of aromatic amines is 1. The number of H-pyrrole nitrogens is 1. The lowest BCUT2D eigenvalue weighted by molar-refractivity contribution is 0.502. The predicted molar refractivity (Wildman–Crippen MR) is 61.2 cm³/mol. The first-order valence-electron chi connectivity index (χ1n) is 5.50.